The minimum Gasteiger partial charge on any atom is -0.478 e. The third-order valence-electron chi connectivity index (χ3n) is 3.04. The topological polar surface area (TPSA) is 71.4 Å². The van der Waals surface area contributed by atoms with Crippen molar-refractivity contribution in [2.45, 2.75) is 24.2 Å². The van der Waals surface area contributed by atoms with Crippen molar-refractivity contribution in [2.24, 2.45) is 0 Å². The van der Waals surface area contributed by atoms with Crippen LogP contribution < -0.4 is 0 Å². The lowest BCUT2D eigenvalue weighted by molar-refractivity contribution is -0.132. The maximum Gasteiger partial charge on any atom is 0.331 e. The Morgan fingerprint density at radius 2 is 2.11 bits per heavy atom. The van der Waals surface area contributed by atoms with Crippen molar-refractivity contribution in [3.05, 3.63) is 41.5 Å². The fourth-order valence-corrected chi connectivity index (χ4v) is 3.71. The normalized spacial score (nSPS) is 16.9. The maximum absolute atomic E-state index is 11.8. The largest absolute Gasteiger partial charge is 0.478 e. The fraction of sp³-hybridized carbons (Fsp3) is 0.308. The Hall–Kier alpha value is -1.62. The van der Waals surface area contributed by atoms with Crippen LogP contribution in [0.15, 0.2) is 35.2 Å². The maximum atomic E-state index is 11.8. The highest BCUT2D eigenvalue weighted by atomic mass is 32.2. The second-order valence-electron chi connectivity index (χ2n) is 4.45. The molecule has 0 unspecified atom stereocenters. The molecule has 0 atom stereocenters. The van der Waals surface area contributed by atoms with Gasteiger partial charge in [-0.15, -0.1) is 0 Å². The highest BCUT2D eigenvalue weighted by Gasteiger charge is 2.23. The van der Waals surface area contributed by atoms with Crippen LogP contribution in [0, 0.1) is 0 Å². The zero-order valence-corrected chi connectivity index (χ0v) is 10.7. The van der Waals surface area contributed by atoms with E-state index in [0.29, 0.717) is 11.3 Å². The third-order valence-corrected chi connectivity index (χ3v) is 4.93. The SMILES string of the molecule is C=C(Cc1ccc2c(c1)CCCS2(=O)=O)C(=O)O. The molecule has 1 heterocycles. The molecular formula is C13H14O4S. The predicted octanol–water partition coefficient (Wildman–Crippen LogP) is 1.59. The van der Waals surface area contributed by atoms with E-state index in [0.717, 1.165) is 17.5 Å². The van der Waals surface area contributed by atoms with Crippen molar-refractivity contribution in [1.29, 1.82) is 0 Å². The number of rotatable bonds is 3. The summed E-state index contributed by atoms with van der Waals surface area (Å²) in [5, 5.41) is 8.77. The minimum absolute atomic E-state index is 0.105. The van der Waals surface area contributed by atoms with E-state index in [-0.39, 0.29) is 17.7 Å². The van der Waals surface area contributed by atoms with Crippen LogP contribution in [0.25, 0.3) is 0 Å². The minimum atomic E-state index is -3.14. The Morgan fingerprint density at radius 1 is 1.39 bits per heavy atom. The Balaban J connectivity index is 2.34. The zero-order valence-electron chi connectivity index (χ0n) is 9.85. The summed E-state index contributed by atoms with van der Waals surface area (Å²) < 4.78 is 23.6. The number of aliphatic carboxylic acids is 1. The average molecular weight is 266 g/mol. The molecule has 1 N–H and O–H groups in total. The fourth-order valence-electron chi connectivity index (χ4n) is 2.13. The Kier molecular flexibility index (Phi) is 3.26. The van der Waals surface area contributed by atoms with Crippen LogP contribution in [-0.2, 0) is 27.5 Å². The second-order valence-corrected chi connectivity index (χ2v) is 6.53. The standard InChI is InChI=1S/C13H14O4S/c1-9(13(14)15)7-10-4-5-12-11(8-10)3-2-6-18(12,16)17/h4-5,8H,1-3,6-7H2,(H,14,15). The van der Waals surface area contributed by atoms with Crippen LogP contribution in [0.2, 0.25) is 0 Å². The number of hydrogen-bond acceptors (Lipinski definition) is 3. The summed E-state index contributed by atoms with van der Waals surface area (Å²) in [6.45, 7) is 3.47. The van der Waals surface area contributed by atoms with E-state index in [4.69, 9.17) is 5.11 Å². The van der Waals surface area contributed by atoms with Crippen LogP contribution in [0.1, 0.15) is 17.5 Å². The number of carbonyl (C=O) groups is 1. The summed E-state index contributed by atoms with van der Waals surface area (Å²) in [5.74, 6) is -0.832. The molecule has 18 heavy (non-hydrogen) atoms. The number of sulfone groups is 1. The van der Waals surface area contributed by atoms with Crippen molar-refractivity contribution in [1.82, 2.24) is 0 Å². The number of fused-ring (bicyclic) bond motifs is 1. The van der Waals surface area contributed by atoms with E-state index in [1.807, 2.05) is 0 Å². The third kappa shape index (κ3) is 2.46. The molecular weight excluding hydrogens is 252 g/mol. The van der Waals surface area contributed by atoms with Gasteiger partial charge in [-0.2, -0.15) is 0 Å². The summed E-state index contributed by atoms with van der Waals surface area (Å²) in [5.41, 5.74) is 1.68. The first-order valence-corrected chi connectivity index (χ1v) is 7.31. The van der Waals surface area contributed by atoms with Crippen LogP contribution in [0.4, 0.5) is 0 Å². The van der Waals surface area contributed by atoms with Gasteiger partial charge >= 0.3 is 5.97 Å². The van der Waals surface area contributed by atoms with Crippen molar-refractivity contribution in [3.63, 3.8) is 0 Å². The molecule has 0 fully saturated rings. The zero-order chi connectivity index (χ0) is 13.3. The van der Waals surface area contributed by atoms with Gasteiger partial charge in [-0.05, 0) is 30.0 Å². The molecule has 1 aromatic rings. The average Bonchev–Trinajstić information content (AvgIpc) is 2.28. The van der Waals surface area contributed by atoms with E-state index in [2.05, 4.69) is 6.58 Å². The van der Waals surface area contributed by atoms with Crippen LogP contribution in [-0.4, -0.2) is 25.2 Å². The lowest BCUT2D eigenvalue weighted by Gasteiger charge is -2.17. The highest BCUT2D eigenvalue weighted by Crippen LogP contribution is 2.26. The molecule has 0 bridgehead atoms. The quantitative estimate of drug-likeness (QED) is 0.843. The molecule has 4 nitrogen and oxygen atoms in total. The van der Waals surface area contributed by atoms with Gasteiger partial charge in [0.15, 0.2) is 9.84 Å². The Bertz CT molecular complexity index is 614. The van der Waals surface area contributed by atoms with E-state index >= 15 is 0 Å². The Labute approximate surface area is 106 Å². The molecule has 1 aromatic carbocycles. The van der Waals surface area contributed by atoms with Crippen molar-refractivity contribution in [3.8, 4) is 0 Å². The molecule has 5 heteroatoms. The summed E-state index contributed by atoms with van der Waals surface area (Å²) in [6, 6.07) is 5.02. The molecule has 0 aliphatic carbocycles. The van der Waals surface area contributed by atoms with E-state index in [1.165, 1.54) is 0 Å². The molecule has 0 saturated heterocycles. The molecule has 2 rings (SSSR count). The van der Waals surface area contributed by atoms with Crippen LogP contribution >= 0.6 is 0 Å². The number of hydrogen-bond donors (Lipinski definition) is 1. The van der Waals surface area contributed by atoms with Gasteiger partial charge in [-0.25, -0.2) is 13.2 Å². The van der Waals surface area contributed by atoms with Gasteiger partial charge in [0.1, 0.15) is 0 Å². The lowest BCUT2D eigenvalue weighted by atomic mass is 10.0. The summed E-state index contributed by atoms with van der Waals surface area (Å²) in [7, 11) is -3.14. The van der Waals surface area contributed by atoms with Crippen molar-refractivity contribution < 1.29 is 18.3 Å². The van der Waals surface area contributed by atoms with E-state index in [9.17, 15) is 13.2 Å². The molecule has 0 amide bonds. The van der Waals surface area contributed by atoms with Gasteiger partial charge < -0.3 is 5.11 Å². The van der Waals surface area contributed by atoms with Gasteiger partial charge in [-0.3, -0.25) is 0 Å². The molecule has 0 radical (unpaired) electrons. The monoisotopic (exact) mass is 266 g/mol. The van der Waals surface area contributed by atoms with Crippen LogP contribution in [0.5, 0.6) is 0 Å². The van der Waals surface area contributed by atoms with Crippen LogP contribution in [0.3, 0.4) is 0 Å². The number of carboxylic acids is 1. The number of aryl methyl sites for hydroxylation is 1. The summed E-state index contributed by atoms with van der Waals surface area (Å²) >= 11 is 0. The first-order chi connectivity index (χ1) is 8.40. The van der Waals surface area contributed by atoms with Gasteiger partial charge in [0.25, 0.3) is 0 Å². The number of carboxylic acid groups (broad SMARTS) is 1. The van der Waals surface area contributed by atoms with Crippen molar-refractivity contribution in [2.75, 3.05) is 5.75 Å². The smallest absolute Gasteiger partial charge is 0.331 e. The summed E-state index contributed by atoms with van der Waals surface area (Å²) in [4.78, 5) is 11.1. The van der Waals surface area contributed by atoms with E-state index < -0.39 is 15.8 Å². The summed E-state index contributed by atoms with van der Waals surface area (Å²) in [6.07, 6.45) is 1.59. The van der Waals surface area contributed by atoms with E-state index in [1.54, 1.807) is 18.2 Å². The number of benzene rings is 1. The molecule has 1 aliphatic rings. The first-order valence-electron chi connectivity index (χ1n) is 5.66. The predicted molar refractivity (Wildman–Crippen MR) is 67.3 cm³/mol. The van der Waals surface area contributed by atoms with Crippen molar-refractivity contribution >= 4 is 15.8 Å². The Morgan fingerprint density at radius 3 is 2.78 bits per heavy atom. The highest BCUT2D eigenvalue weighted by molar-refractivity contribution is 7.91. The molecule has 96 valence electrons. The van der Waals surface area contributed by atoms with Gasteiger partial charge in [0.05, 0.1) is 10.6 Å². The van der Waals surface area contributed by atoms with Gasteiger partial charge in [0.2, 0.25) is 0 Å². The molecule has 0 aromatic heterocycles. The molecule has 0 saturated carbocycles. The lowest BCUT2D eigenvalue weighted by Crippen LogP contribution is -2.16. The van der Waals surface area contributed by atoms with Gasteiger partial charge in [0, 0.05) is 12.0 Å². The molecule has 0 spiro atoms. The second kappa shape index (κ2) is 4.57. The van der Waals surface area contributed by atoms with Gasteiger partial charge in [-0.1, -0.05) is 18.7 Å². The molecule has 1 aliphatic heterocycles. The first kappa shape index (κ1) is 12.8.